The number of hydrogen-bond acceptors (Lipinski definition) is 4. The molecule has 0 fully saturated rings. The highest BCUT2D eigenvalue weighted by Gasteiger charge is 2.26. The lowest BCUT2D eigenvalue weighted by Gasteiger charge is -2.26. The Bertz CT molecular complexity index is 612. The predicted octanol–water partition coefficient (Wildman–Crippen LogP) is 2.51. The highest BCUT2D eigenvalue weighted by atomic mass is 35.5. The summed E-state index contributed by atoms with van der Waals surface area (Å²) < 4.78 is 0. The first-order valence-electron chi connectivity index (χ1n) is 7.95. The molecule has 1 aromatic rings. The van der Waals surface area contributed by atoms with Gasteiger partial charge in [-0.05, 0) is 37.5 Å². The highest BCUT2D eigenvalue weighted by molar-refractivity contribution is 7.98. The van der Waals surface area contributed by atoms with Crippen LogP contribution < -0.4 is 5.32 Å². The molecule has 0 saturated carbocycles. The van der Waals surface area contributed by atoms with E-state index in [1.807, 2.05) is 6.26 Å². The molecule has 1 atom stereocenters. The van der Waals surface area contributed by atoms with E-state index in [-0.39, 0.29) is 18.9 Å². The molecule has 1 unspecified atom stereocenters. The number of carboxylic acids is 1. The maximum Gasteiger partial charge on any atom is 0.305 e. The predicted molar refractivity (Wildman–Crippen MR) is 100 cm³/mol. The summed E-state index contributed by atoms with van der Waals surface area (Å²) >= 11 is 7.60. The van der Waals surface area contributed by atoms with Crippen LogP contribution in [0.15, 0.2) is 24.3 Å². The van der Waals surface area contributed by atoms with Gasteiger partial charge in [-0.25, -0.2) is 0 Å². The van der Waals surface area contributed by atoms with Crippen molar-refractivity contribution < 1.29 is 19.5 Å². The molecule has 0 spiro atoms. The van der Waals surface area contributed by atoms with Crippen molar-refractivity contribution in [2.75, 3.05) is 25.1 Å². The molecule has 0 radical (unpaired) electrons. The fraction of sp³-hybridized carbons (Fsp3) is 0.471. The topological polar surface area (TPSA) is 86.7 Å². The maximum absolute atomic E-state index is 12.7. The molecular weight excluding hydrogens is 364 g/mol. The van der Waals surface area contributed by atoms with Crippen LogP contribution in [0.25, 0.3) is 0 Å². The smallest absolute Gasteiger partial charge is 0.305 e. The van der Waals surface area contributed by atoms with Crippen LogP contribution in [0, 0.1) is 0 Å². The quantitative estimate of drug-likeness (QED) is 0.645. The molecule has 0 aliphatic carbocycles. The average Bonchev–Trinajstić information content (AvgIpc) is 2.58. The molecule has 0 saturated heterocycles. The lowest BCUT2D eigenvalue weighted by atomic mass is 10.1. The van der Waals surface area contributed by atoms with Crippen molar-refractivity contribution >= 4 is 41.1 Å². The normalized spacial score (nSPS) is 11.6. The van der Waals surface area contributed by atoms with E-state index in [1.165, 1.54) is 4.90 Å². The molecule has 1 rings (SSSR count). The third kappa shape index (κ3) is 6.96. The number of hydrogen-bond donors (Lipinski definition) is 2. The summed E-state index contributed by atoms with van der Waals surface area (Å²) in [5.74, 6) is -0.972. The molecule has 138 valence electrons. The molecule has 1 aromatic carbocycles. The number of carbonyl (C=O) groups excluding carboxylic acids is 2. The van der Waals surface area contributed by atoms with Crippen molar-refractivity contribution in [3.63, 3.8) is 0 Å². The highest BCUT2D eigenvalue weighted by Crippen LogP contribution is 2.15. The molecular formula is C17H23ClN2O4S. The Kier molecular flexibility index (Phi) is 9.37. The van der Waals surface area contributed by atoms with Gasteiger partial charge in [-0.3, -0.25) is 14.4 Å². The Labute approximate surface area is 156 Å². The van der Waals surface area contributed by atoms with Crippen LogP contribution in [0.3, 0.4) is 0 Å². The van der Waals surface area contributed by atoms with E-state index in [1.54, 1.807) is 43.0 Å². The number of amides is 2. The number of likely N-dealkylation sites (N-methyl/N-ethyl adjacent to an activating group) is 1. The second-order valence-corrected chi connectivity index (χ2v) is 6.74. The zero-order valence-corrected chi connectivity index (χ0v) is 15.9. The van der Waals surface area contributed by atoms with Gasteiger partial charge in [-0.2, -0.15) is 11.8 Å². The van der Waals surface area contributed by atoms with Crippen LogP contribution in [-0.4, -0.2) is 58.9 Å². The first kappa shape index (κ1) is 21.3. The van der Waals surface area contributed by atoms with Crippen molar-refractivity contribution in [2.24, 2.45) is 0 Å². The number of benzene rings is 1. The molecule has 2 N–H and O–H groups in total. The van der Waals surface area contributed by atoms with Gasteiger partial charge < -0.3 is 15.3 Å². The molecule has 8 heteroatoms. The summed E-state index contributed by atoms with van der Waals surface area (Å²) in [6, 6.07) is 5.91. The zero-order chi connectivity index (χ0) is 18.8. The van der Waals surface area contributed by atoms with Crippen LogP contribution in [-0.2, 0) is 9.59 Å². The van der Waals surface area contributed by atoms with Crippen LogP contribution in [0.1, 0.15) is 30.1 Å². The van der Waals surface area contributed by atoms with Crippen molar-refractivity contribution in [3.8, 4) is 0 Å². The lowest BCUT2D eigenvalue weighted by molar-refractivity contribution is -0.139. The van der Waals surface area contributed by atoms with Gasteiger partial charge in [0.15, 0.2) is 0 Å². The lowest BCUT2D eigenvalue weighted by Crippen LogP contribution is -2.49. The van der Waals surface area contributed by atoms with Gasteiger partial charge >= 0.3 is 5.97 Å². The fourth-order valence-electron chi connectivity index (χ4n) is 2.25. The maximum atomic E-state index is 12.7. The fourth-order valence-corrected chi connectivity index (χ4v) is 2.94. The number of halogens is 1. The molecule has 2 amide bonds. The molecule has 0 aromatic heterocycles. The number of aliphatic carboxylic acids is 1. The Hall–Kier alpha value is -1.73. The van der Waals surface area contributed by atoms with Gasteiger partial charge in [0.1, 0.15) is 6.04 Å². The van der Waals surface area contributed by atoms with Gasteiger partial charge in [0.05, 0.1) is 17.0 Å². The largest absolute Gasteiger partial charge is 0.481 e. The first-order valence-corrected chi connectivity index (χ1v) is 9.72. The molecule has 0 aliphatic rings. The monoisotopic (exact) mass is 386 g/mol. The van der Waals surface area contributed by atoms with Gasteiger partial charge in [0, 0.05) is 13.1 Å². The van der Waals surface area contributed by atoms with Gasteiger partial charge in [0.25, 0.3) is 5.91 Å². The van der Waals surface area contributed by atoms with E-state index in [0.717, 1.165) is 0 Å². The minimum Gasteiger partial charge on any atom is -0.481 e. The van der Waals surface area contributed by atoms with E-state index >= 15 is 0 Å². The zero-order valence-electron chi connectivity index (χ0n) is 14.3. The summed E-state index contributed by atoms with van der Waals surface area (Å²) in [7, 11) is 0. The van der Waals surface area contributed by atoms with Crippen molar-refractivity contribution in [1.29, 1.82) is 0 Å². The average molecular weight is 387 g/mol. The summed E-state index contributed by atoms with van der Waals surface area (Å²) in [5.41, 5.74) is 0.305. The van der Waals surface area contributed by atoms with Crippen LogP contribution in [0.2, 0.25) is 5.02 Å². The third-order valence-corrected chi connectivity index (χ3v) is 4.60. The van der Waals surface area contributed by atoms with Crippen LogP contribution >= 0.6 is 23.4 Å². The summed E-state index contributed by atoms with van der Waals surface area (Å²) in [5, 5.41) is 11.9. The minimum absolute atomic E-state index is 0.113. The third-order valence-electron chi connectivity index (χ3n) is 3.62. The second-order valence-electron chi connectivity index (χ2n) is 5.35. The van der Waals surface area contributed by atoms with Gasteiger partial charge in [0.2, 0.25) is 5.91 Å². The van der Waals surface area contributed by atoms with E-state index in [0.29, 0.717) is 29.3 Å². The molecule has 0 aliphatic heterocycles. The number of rotatable bonds is 10. The summed E-state index contributed by atoms with van der Waals surface area (Å²) in [6.07, 6.45) is 2.24. The van der Waals surface area contributed by atoms with E-state index in [4.69, 9.17) is 16.7 Å². The van der Waals surface area contributed by atoms with Crippen molar-refractivity contribution in [2.45, 2.75) is 25.8 Å². The van der Waals surface area contributed by atoms with E-state index < -0.39 is 17.9 Å². The standard InChI is InChI=1S/C17H23ClN2O4S/c1-3-20(10-8-15(21)22)17(24)14(9-11-25-2)19-16(23)12-6-4-5-7-13(12)18/h4-7,14H,3,8-11H2,1-2H3,(H,19,23)(H,21,22). The van der Waals surface area contributed by atoms with Crippen LogP contribution in [0.5, 0.6) is 0 Å². The molecule has 6 nitrogen and oxygen atoms in total. The number of nitrogens with zero attached hydrogens (tertiary/aromatic N) is 1. The van der Waals surface area contributed by atoms with E-state index in [2.05, 4.69) is 5.32 Å². The number of carboxylic acid groups (broad SMARTS) is 1. The number of nitrogens with one attached hydrogen (secondary N) is 1. The second kappa shape index (κ2) is 11.0. The number of carbonyl (C=O) groups is 3. The Balaban J connectivity index is 2.87. The minimum atomic E-state index is -0.966. The van der Waals surface area contributed by atoms with Crippen molar-refractivity contribution in [1.82, 2.24) is 10.2 Å². The van der Waals surface area contributed by atoms with Gasteiger partial charge in [-0.1, -0.05) is 23.7 Å². The molecule has 0 heterocycles. The Morgan fingerprint density at radius 1 is 1.32 bits per heavy atom. The summed E-state index contributed by atoms with van der Waals surface area (Å²) in [6.45, 7) is 2.27. The van der Waals surface area contributed by atoms with Gasteiger partial charge in [-0.15, -0.1) is 0 Å². The van der Waals surface area contributed by atoms with E-state index in [9.17, 15) is 14.4 Å². The van der Waals surface area contributed by atoms with Crippen molar-refractivity contribution in [3.05, 3.63) is 34.9 Å². The van der Waals surface area contributed by atoms with Crippen LogP contribution in [0.4, 0.5) is 0 Å². The molecule has 25 heavy (non-hydrogen) atoms. The SMILES string of the molecule is CCN(CCC(=O)O)C(=O)C(CCSC)NC(=O)c1ccccc1Cl. The first-order chi connectivity index (χ1) is 11.9. The summed E-state index contributed by atoms with van der Waals surface area (Å²) in [4.78, 5) is 37.4. The molecule has 0 bridgehead atoms. The Morgan fingerprint density at radius 3 is 2.56 bits per heavy atom. The number of thioether (sulfide) groups is 1. The Morgan fingerprint density at radius 2 is 2.00 bits per heavy atom.